The van der Waals surface area contributed by atoms with Crippen LogP contribution in [-0.4, -0.2) is 24.3 Å². The third kappa shape index (κ3) is 3.45. The highest BCUT2D eigenvalue weighted by atomic mass is 16.5. The van der Waals surface area contributed by atoms with Gasteiger partial charge in [0.15, 0.2) is 0 Å². The Labute approximate surface area is 104 Å². The van der Waals surface area contributed by atoms with E-state index in [0.29, 0.717) is 12.2 Å². The number of ether oxygens (including phenoxy) is 1. The first kappa shape index (κ1) is 12.4. The Morgan fingerprint density at radius 3 is 1.29 bits per heavy atom. The Balaban J connectivity index is 1.69. The molecule has 17 heavy (non-hydrogen) atoms. The highest BCUT2D eigenvalue weighted by molar-refractivity contribution is 4.88. The van der Waals surface area contributed by atoms with Crippen molar-refractivity contribution >= 4 is 0 Å². The molecule has 0 aromatic carbocycles. The van der Waals surface area contributed by atoms with E-state index in [9.17, 15) is 0 Å². The lowest BCUT2D eigenvalue weighted by molar-refractivity contribution is -0.0462. The molecule has 0 saturated heterocycles. The van der Waals surface area contributed by atoms with Crippen molar-refractivity contribution in [2.45, 2.75) is 75.7 Å². The molecule has 0 N–H and O–H groups in total. The number of rotatable bonds is 2. The molecule has 0 bridgehead atoms. The van der Waals surface area contributed by atoms with E-state index in [2.05, 4.69) is 9.69 Å². The fourth-order valence-corrected chi connectivity index (χ4v) is 2.89. The Kier molecular flexibility index (Phi) is 4.40. The first-order valence-corrected chi connectivity index (χ1v) is 6.70. The second-order valence-electron chi connectivity index (χ2n) is 5.26. The lowest BCUT2D eigenvalue weighted by atomic mass is 9.91. The van der Waals surface area contributed by atoms with Crippen molar-refractivity contribution in [3.05, 3.63) is 22.8 Å². The van der Waals surface area contributed by atoms with E-state index < -0.39 is 0 Å². The summed E-state index contributed by atoms with van der Waals surface area (Å²) >= 11 is 0. The van der Waals surface area contributed by atoms with Gasteiger partial charge in [0.2, 0.25) is 12.1 Å². The molecule has 0 amide bonds. The summed E-state index contributed by atoms with van der Waals surface area (Å²) in [6.45, 7) is 14.0. The summed E-state index contributed by atoms with van der Waals surface area (Å²) in [5, 5.41) is 0. The third-order valence-corrected chi connectivity index (χ3v) is 4.04. The molecule has 3 heteroatoms. The normalized spacial score (nSPS) is 38.0. The van der Waals surface area contributed by atoms with E-state index in [4.69, 9.17) is 17.9 Å². The van der Waals surface area contributed by atoms with Gasteiger partial charge in [0.1, 0.15) is 0 Å². The van der Waals surface area contributed by atoms with Crippen molar-refractivity contribution in [1.82, 2.24) is 0 Å². The van der Waals surface area contributed by atoms with Gasteiger partial charge in [0.05, 0.1) is 12.2 Å². The average Bonchev–Trinajstić information content (AvgIpc) is 2.40. The summed E-state index contributed by atoms with van der Waals surface area (Å²) in [6, 6.07) is 0.486. The maximum Gasteiger partial charge on any atom is 0.223 e. The minimum atomic E-state index is 0.243. The van der Waals surface area contributed by atoms with Crippen molar-refractivity contribution in [1.29, 1.82) is 0 Å². The van der Waals surface area contributed by atoms with Gasteiger partial charge >= 0.3 is 0 Å². The fourth-order valence-electron chi connectivity index (χ4n) is 2.89. The predicted molar refractivity (Wildman–Crippen MR) is 66.4 cm³/mol. The molecule has 0 heterocycles. The van der Waals surface area contributed by atoms with E-state index in [-0.39, 0.29) is 12.1 Å². The number of nitrogens with zero attached hydrogens (tertiary/aromatic N) is 2. The summed E-state index contributed by atoms with van der Waals surface area (Å²) in [5.41, 5.74) is 0. The van der Waals surface area contributed by atoms with E-state index >= 15 is 0 Å². The van der Waals surface area contributed by atoms with Gasteiger partial charge in [0.25, 0.3) is 0 Å². The van der Waals surface area contributed by atoms with Gasteiger partial charge in [0, 0.05) is 25.7 Å². The van der Waals surface area contributed by atoms with Crippen molar-refractivity contribution in [3.8, 4) is 0 Å². The fraction of sp³-hybridized carbons (Fsp3) is 0.857. The van der Waals surface area contributed by atoms with Crippen LogP contribution in [0.4, 0.5) is 0 Å². The molecule has 2 aliphatic carbocycles. The van der Waals surface area contributed by atoms with E-state index in [1.807, 2.05) is 0 Å². The summed E-state index contributed by atoms with van der Waals surface area (Å²) in [5.74, 6) is 0. The van der Waals surface area contributed by atoms with E-state index in [1.165, 1.54) is 0 Å². The van der Waals surface area contributed by atoms with Gasteiger partial charge in [-0.2, -0.15) is 0 Å². The molecule has 0 spiro atoms. The maximum atomic E-state index is 7.02. The van der Waals surface area contributed by atoms with Gasteiger partial charge in [-0.15, -0.1) is 0 Å². The summed E-state index contributed by atoms with van der Waals surface area (Å²) in [4.78, 5) is 7.22. The van der Waals surface area contributed by atoms with E-state index in [1.54, 1.807) is 0 Å². The van der Waals surface area contributed by atoms with Gasteiger partial charge in [-0.25, -0.2) is 13.1 Å². The highest BCUT2D eigenvalue weighted by Gasteiger charge is 2.30. The van der Waals surface area contributed by atoms with Crippen molar-refractivity contribution in [2.24, 2.45) is 0 Å². The second kappa shape index (κ2) is 6.03. The molecule has 3 nitrogen and oxygen atoms in total. The summed E-state index contributed by atoms with van der Waals surface area (Å²) < 4.78 is 6.11. The standard InChI is InChI=1S/C14H20N2O/c1-15-11-3-7-13(8-4-11)17-14-9-5-12(16-2)6-10-14/h11-14H,3-10H2. The molecule has 0 aromatic rings. The predicted octanol–water partition coefficient (Wildman–Crippen LogP) is 3.46. The summed E-state index contributed by atoms with van der Waals surface area (Å²) in [6.07, 6.45) is 8.98. The maximum absolute atomic E-state index is 7.02. The molecule has 2 aliphatic rings. The minimum Gasteiger partial charge on any atom is -0.375 e. The third-order valence-electron chi connectivity index (χ3n) is 4.04. The average molecular weight is 232 g/mol. The van der Waals surface area contributed by atoms with Crippen LogP contribution in [0.25, 0.3) is 9.69 Å². The smallest absolute Gasteiger partial charge is 0.223 e. The molecule has 2 saturated carbocycles. The first-order valence-electron chi connectivity index (χ1n) is 6.70. The Morgan fingerprint density at radius 2 is 1.00 bits per heavy atom. The van der Waals surface area contributed by atoms with Gasteiger partial charge in [-0.3, -0.25) is 0 Å². The lowest BCUT2D eigenvalue weighted by Crippen LogP contribution is -2.30. The largest absolute Gasteiger partial charge is 0.375 e. The molecule has 0 radical (unpaired) electrons. The molecular weight excluding hydrogens is 212 g/mol. The number of hydrogen-bond donors (Lipinski definition) is 0. The van der Waals surface area contributed by atoms with Crippen molar-refractivity contribution in [3.63, 3.8) is 0 Å². The molecule has 2 fully saturated rings. The molecule has 92 valence electrons. The van der Waals surface area contributed by atoms with Gasteiger partial charge in [-0.05, 0) is 25.7 Å². The Bertz CT molecular complexity index is 280. The van der Waals surface area contributed by atoms with Crippen LogP contribution in [0.5, 0.6) is 0 Å². The highest BCUT2D eigenvalue weighted by Crippen LogP contribution is 2.29. The van der Waals surface area contributed by atoms with E-state index in [0.717, 1.165) is 51.4 Å². The van der Waals surface area contributed by atoms with Crippen LogP contribution in [0.1, 0.15) is 51.4 Å². The minimum absolute atomic E-state index is 0.243. The zero-order valence-corrected chi connectivity index (χ0v) is 10.3. The van der Waals surface area contributed by atoms with Crippen molar-refractivity contribution in [2.75, 3.05) is 0 Å². The SMILES string of the molecule is [C-]#[N+]C1CCC(OC2CCC([N+]#[C-])CC2)CC1. The Morgan fingerprint density at radius 1 is 0.647 bits per heavy atom. The molecular formula is C14H20N2O. The summed E-state index contributed by atoms with van der Waals surface area (Å²) in [7, 11) is 0. The van der Waals surface area contributed by atoms with Crippen LogP contribution in [-0.2, 0) is 4.74 Å². The quantitative estimate of drug-likeness (QED) is 0.667. The number of hydrogen-bond acceptors (Lipinski definition) is 1. The van der Waals surface area contributed by atoms with Crippen LogP contribution in [0.15, 0.2) is 0 Å². The molecule has 0 atom stereocenters. The zero-order valence-electron chi connectivity index (χ0n) is 10.3. The van der Waals surface area contributed by atoms with Crippen LogP contribution in [0.3, 0.4) is 0 Å². The van der Waals surface area contributed by atoms with Gasteiger partial charge < -0.3 is 14.4 Å². The first-order chi connectivity index (χ1) is 8.31. The second-order valence-corrected chi connectivity index (χ2v) is 5.26. The lowest BCUT2D eigenvalue weighted by Gasteiger charge is -2.30. The van der Waals surface area contributed by atoms with Crippen LogP contribution >= 0.6 is 0 Å². The molecule has 0 aromatic heterocycles. The molecule has 0 unspecified atom stereocenters. The van der Waals surface area contributed by atoms with Crippen LogP contribution < -0.4 is 0 Å². The Hall–Kier alpha value is -1.06. The van der Waals surface area contributed by atoms with Gasteiger partial charge in [-0.1, -0.05) is 0 Å². The van der Waals surface area contributed by atoms with Crippen LogP contribution in [0.2, 0.25) is 0 Å². The molecule has 0 aliphatic heterocycles. The van der Waals surface area contributed by atoms with Crippen LogP contribution in [0, 0.1) is 13.1 Å². The zero-order chi connectivity index (χ0) is 12.1. The topological polar surface area (TPSA) is 17.9 Å². The van der Waals surface area contributed by atoms with Crippen molar-refractivity contribution < 1.29 is 4.74 Å². The molecule has 2 rings (SSSR count). The monoisotopic (exact) mass is 232 g/mol.